The number of nitrogens with one attached hydrogen (secondary N) is 1. The smallest absolute Gasteiger partial charge is 0.0831 e. The zero-order chi connectivity index (χ0) is 8.44. The number of piperidine rings is 1. The van der Waals surface area contributed by atoms with Crippen LogP contribution in [0, 0.1) is 0 Å². The van der Waals surface area contributed by atoms with Gasteiger partial charge in [0, 0.05) is 19.6 Å². The first-order valence-corrected chi connectivity index (χ1v) is 4.84. The van der Waals surface area contributed by atoms with Crippen molar-refractivity contribution < 1.29 is 9.84 Å². The van der Waals surface area contributed by atoms with Crippen LogP contribution in [0.1, 0.15) is 25.7 Å². The topological polar surface area (TPSA) is 41.5 Å². The lowest BCUT2D eigenvalue weighted by atomic mass is 9.85. The second-order valence-electron chi connectivity index (χ2n) is 3.96. The largest absolute Gasteiger partial charge is 0.393 e. The van der Waals surface area contributed by atoms with Crippen LogP contribution in [0.25, 0.3) is 0 Å². The van der Waals surface area contributed by atoms with E-state index in [2.05, 4.69) is 5.32 Å². The van der Waals surface area contributed by atoms with Crippen molar-refractivity contribution in [2.45, 2.75) is 37.4 Å². The maximum absolute atomic E-state index is 9.52. The zero-order valence-electron chi connectivity index (χ0n) is 7.38. The van der Waals surface area contributed by atoms with Gasteiger partial charge in [-0.05, 0) is 25.8 Å². The van der Waals surface area contributed by atoms with Crippen LogP contribution in [0.4, 0.5) is 0 Å². The lowest BCUT2D eigenvalue weighted by Gasteiger charge is -2.42. The summed E-state index contributed by atoms with van der Waals surface area (Å²) in [5, 5.41) is 12.8. The summed E-state index contributed by atoms with van der Waals surface area (Å²) in [6.45, 7) is 2.74. The first-order valence-electron chi connectivity index (χ1n) is 4.84. The fourth-order valence-corrected chi connectivity index (χ4v) is 2.24. The van der Waals surface area contributed by atoms with Crippen LogP contribution in [-0.2, 0) is 4.74 Å². The number of ether oxygens (including phenoxy) is 1. The predicted octanol–water partition coefficient (Wildman–Crippen LogP) is 0.280. The highest BCUT2D eigenvalue weighted by molar-refractivity contribution is 4.91. The molecule has 2 fully saturated rings. The zero-order valence-corrected chi connectivity index (χ0v) is 7.38. The SMILES string of the molecule is O[C@H]1CCO[C@]2(CCCNC2)C1. The van der Waals surface area contributed by atoms with Gasteiger partial charge in [0.25, 0.3) is 0 Å². The standard InChI is InChI=1S/C9H17NO2/c11-8-2-5-12-9(6-8)3-1-4-10-7-9/h8,10-11H,1-7H2/t8-,9+/m0/s1. The van der Waals surface area contributed by atoms with E-state index in [9.17, 15) is 5.11 Å². The monoisotopic (exact) mass is 171 g/mol. The maximum Gasteiger partial charge on any atom is 0.0831 e. The summed E-state index contributed by atoms with van der Waals surface area (Å²) in [5.41, 5.74) is -0.0318. The molecule has 2 aliphatic heterocycles. The molecule has 0 saturated carbocycles. The molecule has 3 nitrogen and oxygen atoms in total. The van der Waals surface area contributed by atoms with Crippen LogP contribution < -0.4 is 5.32 Å². The van der Waals surface area contributed by atoms with Gasteiger partial charge in [0.15, 0.2) is 0 Å². The van der Waals surface area contributed by atoms with Crippen molar-refractivity contribution in [1.29, 1.82) is 0 Å². The molecule has 1 spiro atoms. The lowest BCUT2D eigenvalue weighted by molar-refractivity contribution is -0.127. The minimum atomic E-state index is -0.140. The van der Waals surface area contributed by atoms with E-state index in [1.165, 1.54) is 6.42 Å². The molecule has 0 aromatic carbocycles. The third kappa shape index (κ3) is 1.63. The second kappa shape index (κ2) is 3.32. The van der Waals surface area contributed by atoms with Gasteiger partial charge in [-0.2, -0.15) is 0 Å². The minimum absolute atomic E-state index is 0.0318. The summed E-state index contributed by atoms with van der Waals surface area (Å²) >= 11 is 0. The highest BCUT2D eigenvalue weighted by Crippen LogP contribution is 2.30. The highest BCUT2D eigenvalue weighted by Gasteiger charge is 2.37. The van der Waals surface area contributed by atoms with Crippen LogP contribution in [0.5, 0.6) is 0 Å². The van der Waals surface area contributed by atoms with Gasteiger partial charge in [0.1, 0.15) is 0 Å². The Morgan fingerprint density at radius 3 is 3.08 bits per heavy atom. The Bertz CT molecular complexity index is 149. The maximum atomic E-state index is 9.52. The molecule has 2 aliphatic rings. The number of aliphatic hydroxyl groups is 1. The van der Waals surface area contributed by atoms with Gasteiger partial charge in [0.2, 0.25) is 0 Å². The van der Waals surface area contributed by atoms with Crippen molar-refractivity contribution in [3.63, 3.8) is 0 Å². The minimum Gasteiger partial charge on any atom is -0.393 e. The van der Waals surface area contributed by atoms with Crippen LogP contribution in [0.2, 0.25) is 0 Å². The molecular formula is C9H17NO2. The quantitative estimate of drug-likeness (QED) is 0.550. The molecule has 70 valence electrons. The molecular weight excluding hydrogens is 154 g/mol. The normalized spacial score (nSPS) is 43.2. The van der Waals surface area contributed by atoms with Crippen LogP contribution in [-0.4, -0.2) is 36.5 Å². The van der Waals surface area contributed by atoms with Gasteiger partial charge in [-0.15, -0.1) is 0 Å². The Labute approximate surface area is 73.1 Å². The van der Waals surface area contributed by atoms with E-state index in [1.807, 2.05) is 0 Å². The fourth-order valence-electron chi connectivity index (χ4n) is 2.24. The van der Waals surface area contributed by atoms with E-state index in [0.717, 1.165) is 39.0 Å². The Kier molecular flexibility index (Phi) is 2.35. The van der Waals surface area contributed by atoms with Gasteiger partial charge >= 0.3 is 0 Å². The summed E-state index contributed by atoms with van der Waals surface area (Å²) in [6, 6.07) is 0. The predicted molar refractivity (Wildman–Crippen MR) is 46.0 cm³/mol. The Balaban J connectivity index is 1.97. The molecule has 12 heavy (non-hydrogen) atoms. The van der Waals surface area contributed by atoms with E-state index >= 15 is 0 Å². The Hall–Kier alpha value is -0.120. The van der Waals surface area contributed by atoms with Crippen molar-refractivity contribution in [3.8, 4) is 0 Å². The summed E-state index contributed by atoms with van der Waals surface area (Å²) < 4.78 is 5.75. The summed E-state index contributed by atoms with van der Waals surface area (Å²) in [7, 11) is 0. The lowest BCUT2D eigenvalue weighted by Crippen LogP contribution is -2.52. The number of aliphatic hydroxyl groups excluding tert-OH is 1. The molecule has 0 unspecified atom stereocenters. The molecule has 0 aromatic heterocycles. The first-order chi connectivity index (χ1) is 5.81. The van der Waals surface area contributed by atoms with Gasteiger partial charge in [-0.3, -0.25) is 0 Å². The third-order valence-electron chi connectivity index (χ3n) is 2.90. The average Bonchev–Trinajstić information content (AvgIpc) is 2.05. The van der Waals surface area contributed by atoms with Crippen molar-refractivity contribution in [2.75, 3.05) is 19.7 Å². The van der Waals surface area contributed by atoms with Gasteiger partial charge < -0.3 is 15.2 Å². The summed E-state index contributed by atoms with van der Waals surface area (Å²) in [6.07, 6.45) is 3.77. The molecule has 0 aromatic rings. The van der Waals surface area contributed by atoms with E-state index in [-0.39, 0.29) is 11.7 Å². The molecule has 0 amide bonds. The van der Waals surface area contributed by atoms with Gasteiger partial charge in [-0.25, -0.2) is 0 Å². The Morgan fingerprint density at radius 2 is 2.42 bits per heavy atom. The van der Waals surface area contributed by atoms with Gasteiger partial charge in [0.05, 0.1) is 11.7 Å². The number of rotatable bonds is 0. The fraction of sp³-hybridized carbons (Fsp3) is 1.00. The molecule has 2 saturated heterocycles. The van der Waals surface area contributed by atoms with Crippen LogP contribution in [0.3, 0.4) is 0 Å². The highest BCUT2D eigenvalue weighted by atomic mass is 16.5. The second-order valence-corrected chi connectivity index (χ2v) is 3.96. The van der Waals surface area contributed by atoms with E-state index in [1.54, 1.807) is 0 Å². The molecule has 2 rings (SSSR count). The molecule has 3 heteroatoms. The van der Waals surface area contributed by atoms with Crippen molar-refractivity contribution in [1.82, 2.24) is 5.32 Å². The van der Waals surface area contributed by atoms with Crippen molar-refractivity contribution >= 4 is 0 Å². The van der Waals surface area contributed by atoms with Crippen LogP contribution >= 0.6 is 0 Å². The van der Waals surface area contributed by atoms with Gasteiger partial charge in [-0.1, -0.05) is 0 Å². The Morgan fingerprint density at radius 1 is 1.50 bits per heavy atom. The van der Waals surface area contributed by atoms with E-state index in [4.69, 9.17) is 4.74 Å². The van der Waals surface area contributed by atoms with Crippen molar-refractivity contribution in [2.24, 2.45) is 0 Å². The molecule has 0 radical (unpaired) electrons. The molecule has 2 atom stereocenters. The summed E-state index contributed by atoms with van der Waals surface area (Å²) in [5.74, 6) is 0. The van der Waals surface area contributed by atoms with E-state index < -0.39 is 0 Å². The molecule has 0 bridgehead atoms. The van der Waals surface area contributed by atoms with Crippen molar-refractivity contribution in [3.05, 3.63) is 0 Å². The van der Waals surface area contributed by atoms with E-state index in [0.29, 0.717) is 0 Å². The number of hydrogen-bond donors (Lipinski definition) is 2. The molecule has 2 N–H and O–H groups in total. The molecule has 2 heterocycles. The first kappa shape index (κ1) is 8.48. The number of hydrogen-bond acceptors (Lipinski definition) is 3. The third-order valence-corrected chi connectivity index (χ3v) is 2.90. The molecule has 0 aliphatic carbocycles. The summed E-state index contributed by atoms with van der Waals surface area (Å²) in [4.78, 5) is 0. The van der Waals surface area contributed by atoms with Crippen LogP contribution in [0.15, 0.2) is 0 Å². The average molecular weight is 171 g/mol.